The number of carbonyl (C=O) groups excluding carboxylic acids is 1. The Morgan fingerprint density at radius 3 is 3.08 bits per heavy atom. The zero-order chi connectivity index (χ0) is 8.55. The molecule has 12 heavy (non-hydrogen) atoms. The predicted octanol–water partition coefficient (Wildman–Crippen LogP) is 1.98. The third-order valence-corrected chi connectivity index (χ3v) is 2.00. The number of benzene rings is 1. The van der Waals surface area contributed by atoms with Crippen LogP contribution in [0.25, 0.3) is 0 Å². The van der Waals surface area contributed by atoms with Crippen molar-refractivity contribution in [3.63, 3.8) is 0 Å². The van der Waals surface area contributed by atoms with E-state index < -0.39 is 0 Å². The molecule has 0 aliphatic carbocycles. The summed E-state index contributed by atoms with van der Waals surface area (Å²) in [5.41, 5.74) is 1.28. The van der Waals surface area contributed by atoms with Crippen LogP contribution in [0.5, 0.6) is 5.75 Å². The average Bonchev–Trinajstić information content (AvgIpc) is 2.49. The summed E-state index contributed by atoms with van der Waals surface area (Å²) < 4.78 is 0. The topological polar surface area (TPSA) is 35.5 Å². The molecule has 3 nitrogen and oxygen atoms in total. The molecule has 0 spiro atoms. The molecule has 0 amide bonds. The lowest BCUT2D eigenvalue weighted by atomic mass is 10.1. The largest absolute Gasteiger partial charge is 0.337 e. The first kappa shape index (κ1) is 7.58. The van der Waals surface area contributed by atoms with Crippen LogP contribution in [0.4, 0.5) is 0 Å². The van der Waals surface area contributed by atoms with E-state index in [0.717, 1.165) is 5.56 Å². The predicted molar refractivity (Wildman–Crippen MR) is 42.3 cm³/mol. The quantitative estimate of drug-likeness (QED) is 0.495. The molecular formula is C8H5ClO3. The van der Waals surface area contributed by atoms with Gasteiger partial charge in [-0.1, -0.05) is 11.6 Å². The van der Waals surface area contributed by atoms with E-state index in [-0.39, 0.29) is 0 Å². The normalized spacial score (nSPS) is 13.8. The summed E-state index contributed by atoms with van der Waals surface area (Å²) in [4.78, 5) is 19.9. The van der Waals surface area contributed by atoms with Crippen molar-refractivity contribution in [3.8, 4) is 5.75 Å². The number of rotatable bonds is 1. The first-order chi connectivity index (χ1) is 5.81. The van der Waals surface area contributed by atoms with E-state index in [1.807, 2.05) is 0 Å². The number of aldehydes is 1. The van der Waals surface area contributed by atoms with Gasteiger partial charge in [-0.05, 0) is 12.1 Å². The first-order valence-corrected chi connectivity index (χ1v) is 3.76. The standard InChI is InChI=1S/C8H5ClO3/c9-7-1-6-4-11-12-8(6)2-5(7)3-10/h1-3H,4H2. The van der Waals surface area contributed by atoms with Gasteiger partial charge in [0.05, 0.1) is 5.02 Å². The number of hydrogen-bond donors (Lipinski definition) is 0. The highest BCUT2D eigenvalue weighted by molar-refractivity contribution is 6.33. The fourth-order valence-corrected chi connectivity index (χ4v) is 1.28. The molecule has 1 aromatic carbocycles. The molecule has 4 heteroatoms. The van der Waals surface area contributed by atoms with Crippen LogP contribution in [0.3, 0.4) is 0 Å². The van der Waals surface area contributed by atoms with Crippen LogP contribution in [-0.4, -0.2) is 6.29 Å². The van der Waals surface area contributed by atoms with Gasteiger partial charge in [0.2, 0.25) is 0 Å². The molecule has 0 N–H and O–H groups in total. The molecule has 0 fully saturated rings. The minimum atomic E-state index is 0.383. The zero-order valence-electron chi connectivity index (χ0n) is 6.04. The molecule has 0 atom stereocenters. The fraction of sp³-hybridized carbons (Fsp3) is 0.125. The van der Waals surface area contributed by atoms with Gasteiger partial charge in [-0.2, -0.15) is 4.89 Å². The summed E-state index contributed by atoms with van der Waals surface area (Å²) in [5, 5.41) is 0.429. The SMILES string of the molecule is O=Cc1cc2c(cc1Cl)COO2. The molecule has 0 radical (unpaired) electrons. The second kappa shape index (κ2) is 2.77. The molecule has 62 valence electrons. The highest BCUT2D eigenvalue weighted by atomic mass is 35.5. The molecule has 0 saturated carbocycles. The lowest BCUT2D eigenvalue weighted by molar-refractivity contribution is -0.194. The van der Waals surface area contributed by atoms with Crippen molar-refractivity contribution in [1.82, 2.24) is 0 Å². The van der Waals surface area contributed by atoms with E-state index in [1.54, 1.807) is 12.1 Å². The number of hydrogen-bond acceptors (Lipinski definition) is 3. The Hall–Kier alpha value is -1.06. The van der Waals surface area contributed by atoms with Crippen LogP contribution in [0, 0.1) is 0 Å². The molecule has 0 saturated heterocycles. The molecule has 0 unspecified atom stereocenters. The van der Waals surface area contributed by atoms with E-state index in [2.05, 4.69) is 0 Å². The Balaban J connectivity index is 2.56. The summed E-state index contributed by atoms with van der Waals surface area (Å²) in [6.07, 6.45) is 0.685. The van der Waals surface area contributed by atoms with Crippen LogP contribution in [0.1, 0.15) is 15.9 Å². The second-order valence-corrected chi connectivity index (χ2v) is 2.85. The molecule has 2 rings (SSSR count). The second-order valence-electron chi connectivity index (χ2n) is 2.44. The van der Waals surface area contributed by atoms with Gasteiger partial charge in [0, 0.05) is 11.1 Å². The molecule has 1 aliphatic heterocycles. The summed E-state index contributed by atoms with van der Waals surface area (Å²) >= 11 is 5.77. The van der Waals surface area contributed by atoms with Gasteiger partial charge in [-0.25, -0.2) is 0 Å². The van der Waals surface area contributed by atoms with E-state index in [1.165, 1.54) is 0 Å². The maximum absolute atomic E-state index is 10.4. The van der Waals surface area contributed by atoms with E-state index >= 15 is 0 Å². The zero-order valence-corrected chi connectivity index (χ0v) is 6.80. The molecule has 1 heterocycles. The summed E-state index contributed by atoms with van der Waals surface area (Å²) in [6.45, 7) is 0.383. The van der Waals surface area contributed by atoms with Crippen LogP contribution in [0.2, 0.25) is 5.02 Å². The van der Waals surface area contributed by atoms with Crippen LogP contribution in [0.15, 0.2) is 12.1 Å². The number of halogens is 1. The van der Waals surface area contributed by atoms with E-state index in [4.69, 9.17) is 21.4 Å². The van der Waals surface area contributed by atoms with Gasteiger partial charge < -0.3 is 4.89 Å². The smallest absolute Gasteiger partial charge is 0.171 e. The van der Waals surface area contributed by atoms with Crippen LogP contribution < -0.4 is 4.89 Å². The van der Waals surface area contributed by atoms with Crippen molar-refractivity contribution in [1.29, 1.82) is 0 Å². The van der Waals surface area contributed by atoms with E-state index in [9.17, 15) is 4.79 Å². The minimum absolute atomic E-state index is 0.383. The van der Waals surface area contributed by atoms with Crippen LogP contribution in [-0.2, 0) is 11.5 Å². The molecule has 1 aliphatic rings. The van der Waals surface area contributed by atoms with Crippen molar-refractivity contribution in [2.45, 2.75) is 6.61 Å². The highest BCUT2D eigenvalue weighted by Gasteiger charge is 2.16. The van der Waals surface area contributed by atoms with Gasteiger partial charge in [0.25, 0.3) is 0 Å². The summed E-state index contributed by atoms with van der Waals surface area (Å²) in [7, 11) is 0. The van der Waals surface area contributed by atoms with Gasteiger partial charge in [0.1, 0.15) is 6.61 Å². The van der Waals surface area contributed by atoms with Crippen molar-refractivity contribution < 1.29 is 14.6 Å². The van der Waals surface area contributed by atoms with Gasteiger partial charge in [-0.15, -0.1) is 0 Å². The number of fused-ring (bicyclic) bond motifs is 1. The average molecular weight is 185 g/mol. The fourth-order valence-electron chi connectivity index (χ4n) is 1.05. The minimum Gasteiger partial charge on any atom is -0.337 e. The van der Waals surface area contributed by atoms with Gasteiger partial charge in [0.15, 0.2) is 12.0 Å². The maximum Gasteiger partial charge on any atom is 0.171 e. The van der Waals surface area contributed by atoms with Crippen molar-refractivity contribution in [3.05, 3.63) is 28.3 Å². The molecule has 0 aromatic heterocycles. The Bertz CT molecular complexity index is 335. The van der Waals surface area contributed by atoms with E-state index in [0.29, 0.717) is 29.2 Å². The van der Waals surface area contributed by atoms with Crippen molar-refractivity contribution >= 4 is 17.9 Å². The Kier molecular flexibility index (Phi) is 1.75. The van der Waals surface area contributed by atoms with Gasteiger partial charge >= 0.3 is 0 Å². The Morgan fingerprint density at radius 1 is 1.50 bits per heavy atom. The molecular weight excluding hydrogens is 180 g/mol. The Labute approximate surface area is 73.8 Å². The monoisotopic (exact) mass is 184 g/mol. The molecule has 0 bridgehead atoms. The maximum atomic E-state index is 10.4. The third kappa shape index (κ3) is 1.07. The lowest BCUT2D eigenvalue weighted by Crippen LogP contribution is -1.85. The number of carbonyl (C=O) groups is 1. The third-order valence-electron chi connectivity index (χ3n) is 1.67. The van der Waals surface area contributed by atoms with Crippen molar-refractivity contribution in [2.75, 3.05) is 0 Å². The van der Waals surface area contributed by atoms with Crippen molar-refractivity contribution in [2.24, 2.45) is 0 Å². The summed E-state index contributed by atoms with van der Waals surface area (Å²) in [5.74, 6) is 0.571. The first-order valence-electron chi connectivity index (χ1n) is 3.38. The van der Waals surface area contributed by atoms with Crippen LogP contribution >= 0.6 is 11.6 Å². The molecule has 1 aromatic rings. The lowest BCUT2D eigenvalue weighted by Gasteiger charge is -1.97. The highest BCUT2D eigenvalue weighted by Crippen LogP contribution is 2.30. The summed E-state index contributed by atoms with van der Waals surface area (Å²) in [6, 6.07) is 3.24. The van der Waals surface area contributed by atoms with Gasteiger partial charge in [-0.3, -0.25) is 4.79 Å². The Morgan fingerprint density at radius 2 is 2.33 bits per heavy atom.